The molecule has 0 bridgehead atoms. The Labute approximate surface area is 122 Å². The van der Waals surface area contributed by atoms with E-state index in [1.165, 1.54) is 50.9 Å². The van der Waals surface area contributed by atoms with Crippen molar-refractivity contribution in [3.8, 4) is 0 Å². The summed E-state index contributed by atoms with van der Waals surface area (Å²) in [5, 5.41) is 0. The number of hydrogen-bond donors (Lipinski definition) is 1. The van der Waals surface area contributed by atoms with E-state index in [1.807, 2.05) is 0 Å². The second-order valence-corrected chi connectivity index (χ2v) is 5.70. The first-order valence-corrected chi connectivity index (χ1v) is 8.32. The number of nitrogens with zero attached hydrogens (tertiary/aromatic N) is 2. The average Bonchev–Trinajstić information content (AvgIpc) is 2.63. The first kappa shape index (κ1) is 19.1. The van der Waals surface area contributed by atoms with Crippen LogP contribution in [0, 0.1) is 6.92 Å². The predicted molar refractivity (Wildman–Crippen MR) is 76.0 cm³/mol. The molecular weight excluding hydrogens is 280 g/mol. The van der Waals surface area contributed by atoms with Crippen molar-refractivity contribution in [2.45, 2.75) is 58.9 Å². The van der Waals surface area contributed by atoms with E-state index in [0.29, 0.717) is 0 Å². The number of aryl methyl sites for hydroxylation is 2. The van der Waals surface area contributed by atoms with Crippen molar-refractivity contribution in [3.63, 3.8) is 0 Å². The van der Waals surface area contributed by atoms with Gasteiger partial charge in [-0.2, -0.15) is 0 Å². The van der Waals surface area contributed by atoms with E-state index in [1.54, 1.807) is 0 Å². The minimum atomic E-state index is -4.92. The Morgan fingerprint density at radius 1 is 1.25 bits per heavy atom. The van der Waals surface area contributed by atoms with Crippen LogP contribution in [0.1, 0.15) is 51.3 Å². The van der Waals surface area contributed by atoms with Crippen LogP contribution in [0.5, 0.6) is 0 Å². The monoisotopic (exact) mass is 306 g/mol. The summed E-state index contributed by atoms with van der Waals surface area (Å²) in [6, 6.07) is 0. The number of imidazole rings is 1. The van der Waals surface area contributed by atoms with E-state index in [-0.39, 0.29) is 0 Å². The molecule has 118 valence electrons. The van der Waals surface area contributed by atoms with Gasteiger partial charge < -0.3 is 4.55 Å². The summed E-state index contributed by atoms with van der Waals surface area (Å²) >= 11 is 0. The maximum absolute atomic E-state index is 8.63. The molecule has 0 radical (unpaired) electrons. The average molecular weight is 306 g/mol. The molecule has 0 unspecified atom stereocenters. The van der Waals surface area contributed by atoms with Crippen LogP contribution in [0.25, 0.3) is 0 Å². The summed E-state index contributed by atoms with van der Waals surface area (Å²) in [4.78, 5) is 0. The zero-order valence-corrected chi connectivity index (χ0v) is 13.4. The van der Waals surface area contributed by atoms with Gasteiger partial charge >= 0.3 is 0 Å². The summed E-state index contributed by atoms with van der Waals surface area (Å²) in [5.74, 6) is 1.35. The van der Waals surface area contributed by atoms with Gasteiger partial charge in [0.25, 0.3) is 5.82 Å². The predicted octanol–water partition coefficient (Wildman–Crippen LogP) is 1.99. The molecule has 0 saturated heterocycles. The maximum Gasteiger partial charge on any atom is 0.253 e. The summed E-state index contributed by atoms with van der Waals surface area (Å²) < 4.78 is 37.4. The van der Waals surface area contributed by atoms with Crippen LogP contribution in [0.15, 0.2) is 12.4 Å². The van der Waals surface area contributed by atoms with E-state index in [9.17, 15) is 0 Å². The molecule has 0 aliphatic rings. The van der Waals surface area contributed by atoms with Crippen LogP contribution in [-0.4, -0.2) is 22.1 Å². The van der Waals surface area contributed by atoms with Gasteiger partial charge in [0.2, 0.25) is 10.4 Å². The molecule has 1 aromatic heterocycles. The first-order chi connectivity index (χ1) is 9.25. The smallest absolute Gasteiger partial charge is 0.253 e. The number of unbranched alkanes of at least 4 members (excludes halogenated alkanes) is 5. The van der Waals surface area contributed by atoms with Crippen LogP contribution in [0.2, 0.25) is 0 Å². The fourth-order valence-corrected chi connectivity index (χ4v) is 1.90. The Balaban J connectivity index is 0.000000621. The maximum atomic E-state index is 8.63. The summed E-state index contributed by atoms with van der Waals surface area (Å²) in [5.41, 5.74) is 0. The van der Waals surface area contributed by atoms with Crippen LogP contribution in [-0.2, 0) is 24.0 Å². The molecule has 1 heterocycles. The fourth-order valence-electron chi connectivity index (χ4n) is 1.90. The Morgan fingerprint density at radius 2 is 1.75 bits per heavy atom. The largest absolute Gasteiger partial charge is 0.726 e. The van der Waals surface area contributed by atoms with Gasteiger partial charge in [0, 0.05) is 6.92 Å². The minimum absolute atomic E-state index is 1.18. The quantitative estimate of drug-likeness (QED) is 0.361. The minimum Gasteiger partial charge on any atom is -0.726 e. The third-order valence-electron chi connectivity index (χ3n) is 3.15. The van der Waals surface area contributed by atoms with E-state index in [4.69, 9.17) is 17.5 Å². The molecule has 20 heavy (non-hydrogen) atoms. The fraction of sp³-hybridized carbons (Fsp3) is 0.769. The number of rotatable bonds is 7. The van der Waals surface area contributed by atoms with Gasteiger partial charge in [-0.15, -0.1) is 0 Å². The molecule has 1 rings (SSSR count). The van der Waals surface area contributed by atoms with Crippen LogP contribution in [0.3, 0.4) is 0 Å². The summed E-state index contributed by atoms with van der Waals surface area (Å²) in [6.45, 7) is 5.62. The topological polar surface area (TPSA) is 86.2 Å². The highest BCUT2D eigenvalue weighted by molar-refractivity contribution is 7.79. The lowest BCUT2D eigenvalue weighted by Crippen LogP contribution is -2.29. The van der Waals surface area contributed by atoms with E-state index in [0.717, 1.165) is 0 Å². The molecule has 6 nitrogen and oxygen atoms in total. The molecule has 1 N–H and O–H groups in total. The standard InChI is InChI=1S/C13H25N2.H2O4S/c1-4-5-6-7-8-9-10-15-12-11-14(3)13(15)2;1-5(2,3)4/h11-12H,4-10H2,1-3H3;(H2,1,2,3,4)/q+1;/p-1. The molecule has 0 spiro atoms. The third-order valence-corrected chi connectivity index (χ3v) is 3.15. The second kappa shape index (κ2) is 9.90. The normalized spacial score (nSPS) is 11.1. The van der Waals surface area contributed by atoms with Gasteiger partial charge in [-0.25, -0.2) is 17.6 Å². The lowest BCUT2D eigenvalue weighted by molar-refractivity contribution is -0.677. The van der Waals surface area contributed by atoms with Crippen LogP contribution in [0.4, 0.5) is 0 Å². The molecule has 0 amide bonds. The van der Waals surface area contributed by atoms with Crippen molar-refractivity contribution in [2.75, 3.05) is 0 Å². The van der Waals surface area contributed by atoms with Gasteiger partial charge in [0.1, 0.15) is 12.4 Å². The molecule has 0 saturated carbocycles. The molecule has 1 aromatic rings. The lowest BCUT2D eigenvalue weighted by Gasteiger charge is -2.00. The molecule has 0 aliphatic carbocycles. The van der Waals surface area contributed by atoms with Crippen molar-refractivity contribution < 1.29 is 22.1 Å². The zero-order chi connectivity index (χ0) is 15.6. The Hall–Kier alpha value is -0.920. The van der Waals surface area contributed by atoms with Gasteiger partial charge in [-0.3, -0.25) is 4.55 Å². The van der Waals surface area contributed by atoms with Gasteiger partial charge in [0.15, 0.2) is 0 Å². The number of hydrogen-bond acceptors (Lipinski definition) is 3. The highest BCUT2D eigenvalue weighted by Crippen LogP contribution is 2.06. The zero-order valence-electron chi connectivity index (χ0n) is 12.6. The Morgan fingerprint density at radius 3 is 2.20 bits per heavy atom. The van der Waals surface area contributed by atoms with Crippen molar-refractivity contribution in [3.05, 3.63) is 18.2 Å². The van der Waals surface area contributed by atoms with Crippen molar-refractivity contribution in [1.29, 1.82) is 0 Å². The SMILES string of the molecule is CCCCCCCCn1cc[n+](C)c1C.O=S(=O)([O-])O. The molecule has 0 atom stereocenters. The second-order valence-electron chi connectivity index (χ2n) is 4.85. The summed E-state index contributed by atoms with van der Waals surface area (Å²) in [6.07, 6.45) is 12.6. The van der Waals surface area contributed by atoms with Gasteiger partial charge in [0.05, 0.1) is 13.6 Å². The van der Waals surface area contributed by atoms with Crippen molar-refractivity contribution in [2.24, 2.45) is 7.05 Å². The van der Waals surface area contributed by atoms with Gasteiger partial charge in [-0.05, 0) is 12.8 Å². The van der Waals surface area contributed by atoms with E-state index in [2.05, 4.69) is 42.4 Å². The molecule has 0 aliphatic heterocycles. The first-order valence-electron chi connectivity index (χ1n) is 6.95. The molecule has 7 heteroatoms. The van der Waals surface area contributed by atoms with Crippen molar-refractivity contribution >= 4 is 10.4 Å². The van der Waals surface area contributed by atoms with E-state index < -0.39 is 10.4 Å². The third kappa shape index (κ3) is 11.0. The molecule has 0 fully saturated rings. The Bertz CT molecular complexity index is 461. The van der Waals surface area contributed by atoms with Gasteiger partial charge in [-0.1, -0.05) is 32.6 Å². The van der Waals surface area contributed by atoms with Crippen LogP contribution < -0.4 is 4.57 Å². The number of aromatic nitrogens is 2. The highest BCUT2D eigenvalue weighted by Gasteiger charge is 2.07. The van der Waals surface area contributed by atoms with E-state index >= 15 is 0 Å². The van der Waals surface area contributed by atoms with Crippen molar-refractivity contribution in [1.82, 2.24) is 4.57 Å². The molecular formula is C13H26N2O4S. The highest BCUT2D eigenvalue weighted by atomic mass is 32.3. The molecule has 0 aromatic carbocycles. The summed E-state index contributed by atoms with van der Waals surface area (Å²) in [7, 11) is -2.81. The Kier molecular flexibility index (Phi) is 9.45. The van der Waals surface area contributed by atoms with Crippen LogP contribution >= 0.6 is 0 Å². The lowest BCUT2D eigenvalue weighted by atomic mass is 10.1.